The molecule has 0 aliphatic rings. The molecule has 0 spiro atoms. The topological polar surface area (TPSA) is 77.2 Å². The van der Waals surface area contributed by atoms with E-state index in [9.17, 15) is 4.79 Å². The number of nitrogens with two attached hydrogens (primary N) is 1. The molecule has 1 heterocycles. The lowest BCUT2D eigenvalue weighted by atomic mass is 10.3. The number of hydrogen-bond acceptors (Lipinski definition) is 4. The van der Waals surface area contributed by atoms with Gasteiger partial charge in [0.25, 0.3) is 5.91 Å². The molecule has 0 unspecified atom stereocenters. The second kappa shape index (κ2) is 4.42. The first kappa shape index (κ1) is 9.47. The van der Waals surface area contributed by atoms with Crippen LogP contribution in [0.25, 0.3) is 0 Å². The molecule has 70 valence electrons. The van der Waals surface area contributed by atoms with Gasteiger partial charge in [0.1, 0.15) is 5.69 Å². The summed E-state index contributed by atoms with van der Waals surface area (Å²) in [5.74, 6) is 5.12. The Labute approximate surface area is 75.9 Å². The number of rotatable bonds is 3. The van der Waals surface area contributed by atoms with E-state index in [0.717, 1.165) is 0 Å². The molecular formula is C8H11N3O2. The predicted molar refractivity (Wildman–Crippen MR) is 47.1 cm³/mol. The van der Waals surface area contributed by atoms with Gasteiger partial charge in [-0.25, -0.2) is 4.98 Å². The Bertz CT molecular complexity index is 284. The van der Waals surface area contributed by atoms with E-state index >= 15 is 0 Å². The Morgan fingerprint density at radius 1 is 1.69 bits per heavy atom. The molecule has 1 aromatic rings. The molecule has 5 nitrogen and oxygen atoms in total. The van der Waals surface area contributed by atoms with E-state index in [1.165, 1.54) is 6.20 Å². The first-order chi connectivity index (χ1) is 6.27. The number of carbonyl (C=O) groups is 1. The molecule has 0 fully saturated rings. The third-order valence-electron chi connectivity index (χ3n) is 1.44. The zero-order chi connectivity index (χ0) is 9.68. The molecule has 0 aliphatic heterocycles. The molecule has 0 saturated carbocycles. The highest BCUT2D eigenvalue weighted by Crippen LogP contribution is 2.06. The van der Waals surface area contributed by atoms with Gasteiger partial charge >= 0.3 is 0 Å². The summed E-state index contributed by atoms with van der Waals surface area (Å²) in [5.41, 5.74) is 0.350. The van der Waals surface area contributed by atoms with Gasteiger partial charge in [0.05, 0.1) is 6.20 Å². The fourth-order valence-electron chi connectivity index (χ4n) is 0.835. The van der Waals surface area contributed by atoms with Crippen molar-refractivity contribution in [3.8, 4) is 5.75 Å². The van der Waals surface area contributed by atoms with E-state index in [2.05, 4.69) is 15.1 Å². The summed E-state index contributed by atoms with van der Waals surface area (Å²) in [5, 5.41) is 2.63. The van der Waals surface area contributed by atoms with Crippen LogP contribution in [0.5, 0.6) is 5.75 Å². The van der Waals surface area contributed by atoms with Gasteiger partial charge in [0.15, 0.2) is 5.75 Å². The van der Waals surface area contributed by atoms with E-state index in [0.29, 0.717) is 18.0 Å². The molecule has 1 amide bonds. The van der Waals surface area contributed by atoms with E-state index < -0.39 is 0 Å². The van der Waals surface area contributed by atoms with Crippen molar-refractivity contribution in [2.24, 2.45) is 5.90 Å². The summed E-state index contributed by atoms with van der Waals surface area (Å²) < 4.78 is 0. The molecule has 0 radical (unpaired) electrons. The molecule has 0 atom stereocenters. The van der Waals surface area contributed by atoms with Crippen LogP contribution in [0.1, 0.15) is 17.4 Å². The van der Waals surface area contributed by atoms with Gasteiger partial charge < -0.3 is 10.2 Å². The van der Waals surface area contributed by atoms with Crippen LogP contribution in [0.3, 0.4) is 0 Å². The molecule has 13 heavy (non-hydrogen) atoms. The summed E-state index contributed by atoms with van der Waals surface area (Å²) in [6, 6.07) is 3.13. The fraction of sp³-hybridized carbons (Fsp3) is 0.250. The van der Waals surface area contributed by atoms with E-state index in [1.807, 2.05) is 6.92 Å². The number of nitrogens with one attached hydrogen (secondary N) is 1. The second-order valence-electron chi connectivity index (χ2n) is 2.36. The van der Waals surface area contributed by atoms with Crippen LogP contribution in [0.15, 0.2) is 18.3 Å². The zero-order valence-electron chi connectivity index (χ0n) is 7.28. The maximum atomic E-state index is 11.2. The Morgan fingerprint density at radius 3 is 2.92 bits per heavy atom. The number of hydrogen-bond donors (Lipinski definition) is 2. The third-order valence-corrected chi connectivity index (χ3v) is 1.44. The average molecular weight is 181 g/mol. The lowest BCUT2D eigenvalue weighted by molar-refractivity contribution is 0.0951. The van der Waals surface area contributed by atoms with Crippen LogP contribution < -0.4 is 16.1 Å². The molecule has 5 heteroatoms. The predicted octanol–water partition coefficient (Wildman–Crippen LogP) is 0.0838. The molecule has 0 saturated heterocycles. The molecule has 3 N–H and O–H groups in total. The summed E-state index contributed by atoms with van der Waals surface area (Å²) in [4.78, 5) is 19.5. The minimum absolute atomic E-state index is 0.203. The highest BCUT2D eigenvalue weighted by molar-refractivity contribution is 5.92. The van der Waals surface area contributed by atoms with Gasteiger partial charge in [-0.05, 0) is 19.1 Å². The van der Waals surface area contributed by atoms with Crippen LogP contribution in [0.2, 0.25) is 0 Å². The minimum atomic E-state index is -0.203. The normalized spacial score (nSPS) is 9.38. The Kier molecular flexibility index (Phi) is 3.22. The Hall–Kier alpha value is -1.62. The first-order valence-corrected chi connectivity index (χ1v) is 3.89. The van der Waals surface area contributed by atoms with Crippen LogP contribution in [0.4, 0.5) is 0 Å². The lowest BCUT2D eigenvalue weighted by Crippen LogP contribution is -2.23. The van der Waals surface area contributed by atoms with Gasteiger partial charge in [-0.2, -0.15) is 5.90 Å². The third kappa shape index (κ3) is 2.41. The highest BCUT2D eigenvalue weighted by atomic mass is 16.6. The lowest BCUT2D eigenvalue weighted by Gasteiger charge is -2.01. The Balaban J connectivity index is 2.74. The standard InChI is InChI=1S/C8H11N3O2/c1-2-10-8(12)7-4-3-6(13-9)5-11-7/h3-5H,2,9H2,1H3,(H,10,12). The zero-order valence-corrected chi connectivity index (χ0v) is 7.28. The van der Waals surface area contributed by atoms with Gasteiger partial charge in [-0.3, -0.25) is 4.79 Å². The fourth-order valence-corrected chi connectivity index (χ4v) is 0.835. The van der Waals surface area contributed by atoms with Gasteiger partial charge in [-0.1, -0.05) is 0 Å². The van der Waals surface area contributed by atoms with E-state index in [1.54, 1.807) is 12.1 Å². The largest absolute Gasteiger partial charge is 0.410 e. The summed E-state index contributed by atoms with van der Waals surface area (Å²) >= 11 is 0. The SMILES string of the molecule is CCNC(=O)c1ccc(ON)cn1. The van der Waals surface area contributed by atoms with E-state index in [4.69, 9.17) is 5.90 Å². The van der Waals surface area contributed by atoms with Crippen molar-refractivity contribution >= 4 is 5.91 Å². The summed E-state index contributed by atoms with van der Waals surface area (Å²) in [7, 11) is 0. The first-order valence-electron chi connectivity index (χ1n) is 3.89. The minimum Gasteiger partial charge on any atom is -0.410 e. The molecule has 1 aromatic heterocycles. The quantitative estimate of drug-likeness (QED) is 0.647. The number of aromatic nitrogens is 1. The number of pyridine rings is 1. The summed E-state index contributed by atoms with van der Waals surface area (Å²) in [6.45, 7) is 2.42. The van der Waals surface area contributed by atoms with Gasteiger partial charge in [-0.15, -0.1) is 0 Å². The molecular weight excluding hydrogens is 170 g/mol. The Morgan fingerprint density at radius 2 is 2.46 bits per heavy atom. The number of carbonyl (C=O) groups excluding carboxylic acids is 1. The van der Waals surface area contributed by atoms with Crippen LogP contribution in [-0.4, -0.2) is 17.4 Å². The van der Waals surface area contributed by atoms with Crippen molar-refractivity contribution in [3.05, 3.63) is 24.0 Å². The van der Waals surface area contributed by atoms with E-state index in [-0.39, 0.29) is 5.91 Å². The van der Waals surface area contributed by atoms with Gasteiger partial charge in [0, 0.05) is 6.54 Å². The van der Waals surface area contributed by atoms with Crippen molar-refractivity contribution in [3.63, 3.8) is 0 Å². The molecule has 0 aromatic carbocycles. The van der Waals surface area contributed by atoms with Crippen molar-refractivity contribution in [1.29, 1.82) is 0 Å². The van der Waals surface area contributed by atoms with Crippen LogP contribution >= 0.6 is 0 Å². The number of nitrogens with zero attached hydrogens (tertiary/aromatic N) is 1. The highest BCUT2D eigenvalue weighted by Gasteiger charge is 2.04. The number of amides is 1. The molecule has 1 rings (SSSR count). The van der Waals surface area contributed by atoms with Crippen molar-refractivity contribution < 1.29 is 9.63 Å². The van der Waals surface area contributed by atoms with Gasteiger partial charge in [0.2, 0.25) is 0 Å². The summed E-state index contributed by atoms with van der Waals surface area (Å²) in [6.07, 6.45) is 1.39. The molecule has 0 bridgehead atoms. The monoisotopic (exact) mass is 181 g/mol. The maximum absolute atomic E-state index is 11.2. The van der Waals surface area contributed by atoms with Crippen LogP contribution in [-0.2, 0) is 0 Å². The van der Waals surface area contributed by atoms with Crippen molar-refractivity contribution in [2.45, 2.75) is 6.92 Å². The van der Waals surface area contributed by atoms with Crippen molar-refractivity contribution in [1.82, 2.24) is 10.3 Å². The second-order valence-corrected chi connectivity index (χ2v) is 2.36. The maximum Gasteiger partial charge on any atom is 0.269 e. The smallest absolute Gasteiger partial charge is 0.269 e. The average Bonchev–Trinajstić information content (AvgIpc) is 2.18. The van der Waals surface area contributed by atoms with Crippen molar-refractivity contribution in [2.75, 3.05) is 6.54 Å². The molecule has 0 aliphatic carbocycles. The van der Waals surface area contributed by atoms with Crippen LogP contribution in [0, 0.1) is 0 Å².